The van der Waals surface area contributed by atoms with Gasteiger partial charge in [0.05, 0.1) is 5.39 Å². The van der Waals surface area contributed by atoms with Crippen LogP contribution in [-0.4, -0.2) is 23.0 Å². The third kappa shape index (κ3) is 1.51. The van der Waals surface area contributed by atoms with Crippen LogP contribution in [-0.2, 0) is 5.60 Å². The Bertz CT molecular complexity index is 764. The van der Waals surface area contributed by atoms with E-state index >= 15 is 0 Å². The minimum absolute atomic E-state index is 0.0672. The summed E-state index contributed by atoms with van der Waals surface area (Å²) in [6.07, 6.45) is -5.07. The SMILES string of the molecule is O=c1oc2cc(O)ccc2c2c1C(O)(C(F)(F)F)CO2. The van der Waals surface area contributed by atoms with Crippen molar-refractivity contribution in [3.63, 3.8) is 0 Å². The van der Waals surface area contributed by atoms with Crippen molar-refractivity contribution in [3.05, 3.63) is 34.2 Å². The van der Waals surface area contributed by atoms with Gasteiger partial charge in [-0.15, -0.1) is 0 Å². The van der Waals surface area contributed by atoms with Crippen molar-refractivity contribution >= 4 is 11.0 Å². The number of alkyl halides is 3. The van der Waals surface area contributed by atoms with E-state index in [2.05, 4.69) is 0 Å². The lowest BCUT2D eigenvalue weighted by atomic mass is 9.96. The Kier molecular flexibility index (Phi) is 2.34. The Morgan fingerprint density at radius 3 is 2.65 bits per heavy atom. The van der Waals surface area contributed by atoms with Crippen LogP contribution >= 0.6 is 0 Å². The van der Waals surface area contributed by atoms with Crippen LogP contribution in [0.5, 0.6) is 11.5 Å². The van der Waals surface area contributed by atoms with Crippen LogP contribution in [0, 0.1) is 0 Å². The molecule has 0 spiro atoms. The zero-order valence-electron chi connectivity index (χ0n) is 9.69. The smallest absolute Gasteiger partial charge is 0.425 e. The minimum Gasteiger partial charge on any atom is -0.508 e. The second-order valence-corrected chi connectivity index (χ2v) is 4.42. The number of halogens is 3. The molecule has 0 radical (unpaired) electrons. The molecule has 1 atom stereocenters. The Morgan fingerprint density at radius 2 is 2.00 bits per heavy atom. The maximum atomic E-state index is 12.9. The van der Waals surface area contributed by atoms with Gasteiger partial charge in [-0.1, -0.05) is 0 Å². The summed E-state index contributed by atoms with van der Waals surface area (Å²) < 4.78 is 48.3. The van der Waals surface area contributed by atoms with Crippen LogP contribution in [0.25, 0.3) is 11.0 Å². The van der Waals surface area contributed by atoms with Gasteiger partial charge in [0.25, 0.3) is 0 Å². The first kappa shape index (κ1) is 12.8. The number of benzene rings is 1. The molecule has 5 nitrogen and oxygen atoms in total. The molecule has 1 aromatic heterocycles. The van der Waals surface area contributed by atoms with Crippen LogP contribution in [0.15, 0.2) is 27.4 Å². The van der Waals surface area contributed by atoms with E-state index in [4.69, 9.17) is 9.15 Å². The van der Waals surface area contributed by atoms with Gasteiger partial charge in [-0.05, 0) is 12.1 Å². The lowest BCUT2D eigenvalue weighted by Crippen LogP contribution is -2.46. The maximum absolute atomic E-state index is 12.9. The number of fused-ring (bicyclic) bond motifs is 3. The fraction of sp³-hybridized carbons (Fsp3) is 0.250. The molecule has 1 aromatic carbocycles. The molecule has 3 rings (SSSR count). The molecular formula is C12H7F3O5. The third-order valence-corrected chi connectivity index (χ3v) is 3.15. The number of phenolic OH excluding ortho intramolecular Hbond substituents is 1. The van der Waals surface area contributed by atoms with Crippen LogP contribution in [0.1, 0.15) is 5.56 Å². The maximum Gasteiger partial charge on any atom is 0.425 e. The molecule has 0 amide bonds. The largest absolute Gasteiger partial charge is 0.508 e. The van der Waals surface area contributed by atoms with Gasteiger partial charge in [0.15, 0.2) is 0 Å². The fourth-order valence-corrected chi connectivity index (χ4v) is 2.14. The molecule has 0 fully saturated rings. The van der Waals surface area contributed by atoms with E-state index in [0.29, 0.717) is 0 Å². The van der Waals surface area contributed by atoms with Crippen LogP contribution in [0.3, 0.4) is 0 Å². The molecule has 0 bridgehead atoms. The van der Waals surface area contributed by atoms with Crippen molar-refractivity contribution in [2.24, 2.45) is 0 Å². The first-order valence-corrected chi connectivity index (χ1v) is 5.46. The minimum atomic E-state index is -5.07. The summed E-state index contributed by atoms with van der Waals surface area (Å²) in [5.74, 6) is -0.597. The fourth-order valence-electron chi connectivity index (χ4n) is 2.14. The number of phenols is 1. The quantitative estimate of drug-likeness (QED) is 0.720. The van der Waals surface area contributed by atoms with Gasteiger partial charge in [-0.2, -0.15) is 13.2 Å². The summed E-state index contributed by atoms with van der Waals surface area (Å²) in [5, 5.41) is 19.1. The third-order valence-electron chi connectivity index (χ3n) is 3.15. The van der Waals surface area contributed by atoms with E-state index in [9.17, 15) is 28.2 Å². The van der Waals surface area contributed by atoms with Crippen molar-refractivity contribution < 1.29 is 32.5 Å². The molecule has 2 heterocycles. The van der Waals surface area contributed by atoms with E-state index in [1.165, 1.54) is 12.1 Å². The Hall–Kier alpha value is -2.22. The Morgan fingerprint density at radius 1 is 1.30 bits per heavy atom. The van der Waals surface area contributed by atoms with Crippen LogP contribution < -0.4 is 10.4 Å². The highest BCUT2D eigenvalue weighted by Crippen LogP contribution is 2.48. The zero-order chi connectivity index (χ0) is 14.7. The first-order valence-electron chi connectivity index (χ1n) is 5.46. The van der Waals surface area contributed by atoms with E-state index in [-0.39, 0.29) is 22.5 Å². The summed E-state index contributed by atoms with van der Waals surface area (Å²) in [7, 11) is 0. The van der Waals surface area contributed by atoms with Gasteiger partial charge in [0.1, 0.15) is 29.3 Å². The average Bonchev–Trinajstić information content (AvgIpc) is 2.68. The van der Waals surface area contributed by atoms with E-state index in [0.717, 1.165) is 6.07 Å². The highest BCUT2D eigenvalue weighted by atomic mass is 19.4. The van der Waals surface area contributed by atoms with Gasteiger partial charge < -0.3 is 19.4 Å². The molecule has 0 saturated carbocycles. The molecule has 0 saturated heterocycles. The van der Waals surface area contributed by atoms with Crippen molar-refractivity contribution in [2.45, 2.75) is 11.8 Å². The molecule has 1 unspecified atom stereocenters. The van der Waals surface area contributed by atoms with Crippen molar-refractivity contribution in [3.8, 4) is 11.5 Å². The molecule has 20 heavy (non-hydrogen) atoms. The van der Waals surface area contributed by atoms with E-state index in [1.54, 1.807) is 0 Å². The molecule has 8 heteroatoms. The lowest BCUT2D eigenvalue weighted by molar-refractivity contribution is -0.268. The number of hydrogen-bond donors (Lipinski definition) is 2. The van der Waals surface area contributed by atoms with Crippen molar-refractivity contribution in [1.82, 2.24) is 0 Å². The summed E-state index contributed by atoms with van der Waals surface area (Å²) in [4.78, 5) is 11.7. The first-order chi connectivity index (χ1) is 9.24. The number of aliphatic hydroxyl groups is 1. The van der Waals surface area contributed by atoms with Gasteiger partial charge >= 0.3 is 11.8 Å². The summed E-state index contributed by atoms with van der Waals surface area (Å²) >= 11 is 0. The number of rotatable bonds is 0. The predicted octanol–water partition coefficient (Wildman–Crippen LogP) is 1.64. The van der Waals surface area contributed by atoms with Crippen LogP contribution in [0.2, 0.25) is 0 Å². The normalized spacial score (nSPS) is 21.8. The van der Waals surface area contributed by atoms with Gasteiger partial charge in [0.2, 0.25) is 5.60 Å². The highest BCUT2D eigenvalue weighted by Gasteiger charge is 2.62. The topological polar surface area (TPSA) is 79.9 Å². The van der Waals surface area contributed by atoms with E-state index < -0.39 is 29.6 Å². The van der Waals surface area contributed by atoms with Gasteiger partial charge in [0, 0.05) is 6.07 Å². The summed E-state index contributed by atoms with van der Waals surface area (Å²) in [6, 6.07) is 3.52. The predicted molar refractivity (Wildman–Crippen MR) is 59.6 cm³/mol. The molecule has 2 N–H and O–H groups in total. The molecule has 0 aliphatic carbocycles. The van der Waals surface area contributed by atoms with Gasteiger partial charge in [-0.25, -0.2) is 4.79 Å². The summed E-state index contributed by atoms with van der Waals surface area (Å²) in [6.45, 7) is -1.11. The Labute approximate surface area is 108 Å². The van der Waals surface area contributed by atoms with Crippen LogP contribution in [0.4, 0.5) is 13.2 Å². The molecule has 106 valence electrons. The summed E-state index contributed by atoms with van der Waals surface area (Å²) in [5.41, 5.74) is -5.84. The lowest BCUT2D eigenvalue weighted by Gasteiger charge is -2.23. The second-order valence-electron chi connectivity index (χ2n) is 4.42. The molecule has 1 aliphatic rings. The molecular weight excluding hydrogens is 281 g/mol. The molecule has 1 aliphatic heterocycles. The number of aromatic hydroxyl groups is 1. The standard InChI is InChI=1S/C12H7F3O5/c13-12(14,15)11(18)4-19-9-6-2-1-5(16)3-7(6)20-10(17)8(9)11/h1-3,16,18H,4H2. The average molecular weight is 288 g/mol. The Balaban J connectivity index is 2.38. The number of hydrogen-bond acceptors (Lipinski definition) is 5. The zero-order valence-corrected chi connectivity index (χ0v) is 9.69. The van der Waals surface area contributed by atoms with E-state index in [1.807, 2.05) is 0 Å². The van der Waals surface area contributed by atoms with Crippen molar-refractivity contribution in [1.29, 1.82) is 0 Å². The van der Waals surface area contributed by atoms with Crippen molar-refractivity contribution in [2.75, 3.05) is 6.61 Å². The number of ether oxygens (including phenoxy) is 1. The monoisotopic (exact) mass is 288 g/mol. The second kappa shape index (κ2) is 3.66. The molecule has 2 aromatic rings. The van der Waals surface area contributed by atoms with Gasteiger partial charge in [-0.3, -0.25) is 0 Å². The highest BCUT2D eigenvalue weighted by molar-refractivity contribution is 5.86.